The molecule has 4 fully saturated rings. The fraction of sp³-hybridized carbons (Fsp3) is 0.431. The first kappa shape index (κ1) is 52.8. The Kier molecular flexibility index (Phi) is 14.7. The van der Waals surface area contributed by atoms with Crippen LogP contribution >= 0.6 is 0 Å². The van der Waals surface area contributed by atoms with Crippen molar-refractivity contribution in [2.45, 2.75) is 108 Å². The molecule has 0 bridgehead atoms. The van der Waals surface area contributed by atoms with Crippen molar-refractivity contribution >= 4 is 39.4 Å². The van der Waals surface area contributed by atoms with Crippen molar-refractivity contribution in [2.75, 3.05) is 51.4 Å². The number of rotatable bonds is 19. The number of nitrogens with zero attached hydrogens (tertiary/aromatic N) is 11. The molecule has 2 amide bonds. The van der Waals surface area contributed by atoms with Crippen LogP contribution in [0.1, 0.15) is 92.6 Å². The van der Waals surface area contributed by atoms with Gasteiger partial charge in [-0.1, -0.05) is 55.5 Å². The maximum atomic E-state index is 16.1. The number of ether oxygens (including phenoxy) is 3. The monoisotopic (exact) mass is 1090 g/mol. The van der Waals surface area contributed by atoms with Gasteiger partial charge in [0.05, 0.1) is 48.5 Å². The van der Waals surface area contributed by atoms with E-state index in [9.17, 15) is 19.8 Å². The Labute approximate surface area is 460 Å². The number of amides is 2. The van der Waals surface area contributed by atoms with E-state index >= 15 is 4.39 Å². The minimum Gasteiger partial charge on any atom is -0.486 e. The van der Waals surface area contributed by atoms with Crippen molar-refractivity contribution in [3.8, 4) is 39.8 Å². The summed E-state index contributed by atoms with van der Waals surface area (Å²) in [6, 6.07) is 16.3. The third-order valence-electron chi connectivity index (χ3n) is 16.1. The van der Waals surface area contributed by atoms with Crippen LogP contribution in [0.5, 0.6) is 11.8 Å². The number of H-pyrrole nitrogens is 1. The highest BCUT2D eigenvalue weighted by Crippen LogP contribution is 2.53. The zero-order valence-electron chi connectivity index (χ0n) is 45.1. The van der Waals surface area contributed by atoms with Crippen molar-refractivity contribution in [3.05, 3.63) is 114 Å². The molecule has 3 aliphatic heterocycles. The maximum Gasteiger partial charge on any atom is 0.319 e. The van der Waals surface area contributed by atoms with E-state index in [2.05, 4.69) is 59.2 Å². The van der Waals surface area contributed by atoms with Gasteiger partial charge in [0.1, 0.15) is 60.8 Å². The summed E-state index contributed by atoms with van der Waals surface area (Å²) in [4.78, 5) is 46.4. The highest BCUT2D eigenvalue weighted by molar-refractivity contribution is 6.06. The molecule has 12 rings (SSSR count). The Morgan fingerprint density at radius 1 is 1.01 bits per heavy atom. The van der Waals surface area contributed by atoms with E-state index in [4.69, 9.17) is 24.2 Å². The molecule has 5 N–H and O–H groups in total. The standard InChI is InChI=1S/C58H65FN14O7/c1-32(2)53(57(77)71-25-40(75)20-49(71)56(76)64-48(27-74)37-13-15-38(16-14-37)73-31-61-30-63-73)72-26-47(68-69-72)36-9-7-34(8-10-36)28-79-54-51(50-33(3)45(59)22-46-44(50)24-62-67-46)42(35-11-12-35)21-43-52(54)65-58(80-29-41-6-5-19-78-41)66-55(43)70(4)39-17-18-60-23-39/h7-10,13-16,21-22,24,26,30-32,35,39-41,48-49,53,60,74-75H,5-6,11-12,17-20,23,25,27-29H2,1-4H3,(H,62,67)(H,64,76)/t39-,40+,41+,48-,49-,53-/m0/s1. The van der Waals surface area contributed by atoms with Crippen LogP contribution in [0.3, 0.4) is 0 Å². The number of likely N-dealkylation sites (N-methyl/N-ethyl adjacent to an activating group) is 1. The summed E-state index contributed by atoms with van der Waals surface area (Å²) in [5.41, 5.74) is 7.58. The molecular formula is C58H65FN14O7. The number of aromatic nitrogens is 10. The number of carbonyl (C=O) groups is 2. The number of fused-ring (bicyclic) bond motifs is 2. The third-order valence-corrected chi connectivity index (χ3v) is 16.1. The topological polar surface area (TPSA) is 249 Å². The number of benzene rings is 4. The van der Waals surface area contributed by atoms with Crippen LogP contribution in [0.15, 0.2) is 85.7 Å². The number of likely N-dealkylation sites (tertiary alicyclic amines) is 1. The lowest BCUT2D eigenvalue weighted by Crippen LogP contribution is -2.50. The lowest BCUT2D eigenvalue weighted by atomic mass is 9.88. The molecule has 0 unspecified atom stereocenters. The van der Waals surface area contributed by atoms with Crippen molar-refractivity contribution < 1.29 is 38.4 Å². The smallest absolute Gasteiger partial charge is 0.319 e. The number of anilines is 1. The van der Waals surface area contributed by atoms with Gasteiger partial charge >= 0.3 is 6.01 Å². The Hall–Kier alpha value is -7.92. The van der Waals surface area contributed by atoms with Crippen molar-refractivity contribution in [2.24, 2.45) is 5.92 Å². The highest BCUT2D eigenvalue weighted by atomic mass is 19.1. The summed E-state index contributed by atoms with van der Waals surface area (Å²) in [6.45, 7) is 7.95. The summed E-state index contributed by atoms with van der Waals surface area (Å²) in [7, 11) is 2.07. The lowest BCUT2D eigenvalue weighted by molar-refractivity contribution is -0.142. The first-order valence-corrected chi connectivity index (χ1v) is 27.6. The molecular weight excluding hydrogens is 1020 g/mol. The van der Waals surface area contributed by atoms with E-state index in [0.29, 0.717) is 52.4 Å². The molecule has 1 saturated carbocycles. The number of aromatic amines is 1. The van der Waals surface area contributed by atoms with Gasteiger partial charge in [0.15, 0.2) is 5.75 Å². The molecule has 416 valence electrons. The predicted molar refractivity (Wildman–Crippen MR) is 295 cm³/mol. The van der Waals surface area contributed by atoms with Crippen LogP contribution < -0.4 is 25.0 Å². The van der Waals surface area contributed by atoms with Crippen molar-refractivity contribution in [1.82, 2.24) is 65.5 Å². The second-order valence-corrected chi connectivity index (χ2v) is 21.9. The molecule has 8 aromatic rings. The Bertz CT molecular complexity index is 3520. The van der Waals surface area contributed by atoms with Crippen LogP contribution in [0.2, 0.25) is 0 Å². The summed E-state index contributed by atoms with van der Waals surface area (Å²) in [6.07, 6.45) is 10.2. The number of hydrogen-bond acceptors (Lipinski definition) is 16. The van der Waals surface area contributed by atoms with E-state index in [1.165, 1.54) is 22.0 Å². The molecule has 4 aromatic heterocycles. The minimum atomic E-state index is -0.993. The fourth-order valence-corrected chi connectivity index (χ4v) is 11.6. The predicted octanol–water partition coefficient (Wildman–Crippen LogP) is 6.28. The quantitative estimate of drug-likeness (QED) is 0.0598. The summed E-state index contributed by atoms with van der Waals surface area (Å²) < 4.78 is 38.7. The highest BCUT2D eigenvalue weighted by Gasteiger charge is 2.43. The van der Waals surface area contributed by atoms with Gasteiger partial charge in [-0.2, -0.15) is 20.2 Å². The Morgan fingerprint density at radius 2 is 1.84 bits per heavy atom. The SMILES string of the molecule is Cc1c(F)cc2[nH]ncc2c1-c1c(C2CC2)cc2c(N(C)[C@H]3CCNC3)nc(OC[C@H]3CCCO3)nc2c1OCc1ccc(-c2cn([C@H](C(=O)N3C[C@H](O)C[C@H]3C(=O)N[C@@H](CO)c3ccc(-n4cncn4)cc3)C(C)C)nn2)cc1. The lowest BCUT2D eigenvalue weighted by Gasteiger charge is -2.30. The first-order valence-electron chi connectivity index (χ1n) is 27.6. The van der Waals surface area contributed by atoms with Crippen LogP contribution in [-0.2, 0) is 20.9 Å². The van der Waals surface area contributed by atoms with Crippen LogP contribution in [0, 0.1) is 18.7 Å². The molecule has 0 radical (unpaired) electrons. The van der Waals surface area contributed by atoms with E-state index in [1.807, 2.05) is 38.1 Å². The molecule has 6 atom stereocenters. The second kappa shape index (κ2) is 22.3. The largest absolute Gasteiger partial charge is 0.486 e. The zero-order chi connectivity index (χ0) is 55.2. The van der Waals surface area contributed by atoms with E-state index in [0.717, 1.165) is 89.7 Å². The average Bonchev–Trinajstić information content (AvgIpc) is 4.28. The summed E-state index contributed by atoms with van der Waals surface area (Å²) in [5, 5.41) is 49.7. The maximum absolute atomic E-state index is 16.1. The molecule has 22 heteroatoms. The molecule has 0 spiro atoms. The van der Waals surface area contributed by atoms with Crippen molar-refractivity contribution in [1.29, 1.82) is 0 Å². The van der Waals surface area contributed by atoms with Gasteiger partial charge in [0.2, 0.25) is 11.8 Å². The van der Waals surface area contributed by atoms with Gasteiger partial charge in [-0.25, -0.2) is 18.7 Å². The number of nitrogens with one attached hydrogen (secondary N) is 3. The number of carbonyl (C=O) groups excluding carboxylic acids is 2. The minimum absolute atomic E-state index is 0.0305. The number of hydrogen-bond donors (Lipinski definition) is 5. The van der Waals surface area contributed by atoms with Crippen LogP contribution in [0.4, 0.5) is 10.2 Å². The number of halogens is 1. The van der Waals surface area contributed by atoms with Gasteiger partial charge in [-0.3, -0.25) is 14.7 Å². The number of aliphatic hydroxyl groups excluding tert-OH is 2. The Balaban J connectivity index is 0.827. The third kappa shape index (κ3) is 10.4. The molecule has 7 heterocycles. The summed E-state index contributed by atoms with van der Waals surface area (Å²) >= 11 is 0. The number of β-amino-alcohol motifs (C(OH)–C–C–N with tert-alkyl or cyclic N) is 1. The molecule has 1 aliphatic carbocycles. The van der Waals surface area contributed by atoms with Gasteiger partial charge in [-0.15, -0.1) is 5.10 Å². The van der Waals surface area contributed by atoms with Gasteiger partial charge in [-0.05, 0) is 104 Å². The molecule has 80 heavy (non-hydrogen) atoms. The van der Waals surface area contributed by atoms with Gasteiger partial charge in [0, 0.05) is 66.7 Å². The van der Waals surface area contributed by atoms with Gasteiger partial charge in [0.25, 0.3) is 0 Å². The van der Waals surface area contributed by atoms with E-state index in [1.54, 1.807) is 54.6 Å². The molecule has 3 saturated heterocycles. The van der Waals surface area contributed by atoms with Crippen LogP contribution in [0.25, 0.3) is 49.9 Å². The molecule has 4 aromatic carbocycles. The molecule has 4 aliphatic rings. The van der Waals surface area contributed by atoms with E-state index in [-0.39, 0.29) is 67.9 Å². The second-order valence-electron chi connectivity index (χ2n) is 21.9. The first-order chi connectivity index (χ1) is 38.9. The van der Waals surface area contributed by atoms with Crippen LogP contribution in [-0.4, -0.2) is 148 Å². The summed E-state index contributed by atoms with van der Waals surface area (Å²) in [5.74, 6) is -0.102. The van der Waals surface area contributed by atoms with Gasteiger partial charge < -0.3 is 44.9 Å². The number of aliphatic hydroxyl groups is 2. The van der Waals surface area contributed by atoms with E-state index < -0.39 is 30.1 Å². The fourth-order valence-electron chi connectivity index (χ4n) is 11.6. The zero-order valence-corrected chi connectivity index (χ0v) is 45.1. The normalized spacial score (nSPS) is 20.0. The average molecular weight is 1090 g/mol. The van der Waals surface area contributed by atoms with Crippen molar-refractivity contribution in [3.63, 3.8) is 0 Å². The Morgan fingerprint density at radius 3 is 2.55 bits per heavy atom. The molecule has 21 nitrogen and oxygen atoms in total.